The molecule has 0 atom stereocenters. The van der Waals surface area contributed by atoms with Crippen LogP contribution in [0.4, 0.5) is 10.5 Å². The SMILES string of the molecule is O=C(NC1CCCCC1)c1ccc(NC(=O)N2CCC(C(=O)O)CC2)cc1. The third-order valence-electron chi connectivity index (χ3n) is 5.47. The Labute approximate surface area is 159 Å². The monoisotopic (exact) mass is 373 g/mol. The van der Waals surface area contributed by atoms with E-state index >= 15 is 0 Å². The van der Waals surface area contributed by atoms with Crippen LogP contribution >= 0.6 is 0 Å². The molecule has 146 valence electrons. The highest BCUT2D eigenvalue weighted by molar-refractivity contribution is 5.95. The summed E-state index contributed by atoms with van der Waals surface area (Å²) in [5.74, 6) is -1.23. The molecule has 2 fully saturated rings. The van der Waals surface area contributed by atoms with Crippen LogP contribution in [0.5, 0.6) is 0 Å². The first-order valence-corrected chi connectivity index (χ1v) is 9.72. The lowest BCUT2D eigenvalue weighted by Gasteiger charge is -2.30. The van der Waals surface area contributed by atoms with Crippen LogP contribution in [0.1, 0.15) is 55.3 Å². The van der Waals surface area contributed by atoms with E-state index in [0.29, 0.717) is 37.2 Å². The van der Waals surface area contributed by atoms with Crippen molar-refractivity contribution in [2.45, 2.75) is 51.0 Å². The van der Waals surface area contributed by atoms with Crippen molar-refractivity contribution in [1.82, 2.24) is 10.2 Å². The Morgan fingerprint density at radius 3 is 2.15 bits per heavy atom. The van der Waals surface area contributed by atoms with Crippen molar-refractivity contribution < 1.29 is 19.5 Å². The summed E-state index contributed by atoms with van der Waals surface area (Å²) in [6, 6.07) is 6.89. The maximum absolute atomic E-state index is 12.3. The Morgan fingerprint density at radius 2 is 1.56 bits per heavy atom. The molecule has 3 amide bonds. The second-order valence-corrected chi connectivity index (χ2v) is 7.42. The highest BCUT2D eigenvalue weighted by atomic mass is 16.4. The van der Waals surface area contributed by atoms with Gasteiger partial charge in [-0.1, -0.05) is 19.3 Å². The standard InChI is InChI=1S/C20H27N3O4/c24-18(21-16-4-2-1-3-5-16)14-6-8-17(9-7-14)22-20(27)23-12-10-15(11-13-23)19(25)26/h6-9,15-16H,1-5,10-13H2,(H,21,24)(H,22,27)(H,25,26). The smallest absolute Gasteiger partial charge is 0.321 e. The van der Waals surface area contributed by atoms with E-state index in [4.69, 9.17) is 5.11 Å². The van der Waals surface area contributed by atoms with Gasteiger partial charge in [0.2, 0.25) is 0 Å². The van der Waals surface area contributed by atoms with Gasteiger partial charge in [-0.3, -0.25) is 9.59 Å². The first kappa shape index (κ1) is 19.2. The number of piperidine rings is 1. The average Bonchev–Trinajstić information content (AvgIpc) is 2.69. The largest absolute Gasteiger partial charge is 0.481 e. The summed E-state index contributed by atoms with van der Waals surface area (Å²) in [7, 11) is 0. The number of nitrogens with one attached hydrogen (secondary N) is 2. The number of carbonyl (C=O) groups excluding carboxylic acids is 2. The molecule has 1 aliphatic carbocycles. The molecule has 0 bridgehead atoms. The maximum Gasteiger partial charge on any atom is 0.321 e. The quantitative estimate of drug-likeness (QED) is 0.755. The average molecular weight is 373 g/mol. The van der Waals surface area contributed by atoms with E-state index in [1.54, 1.807) is 29.2 Å². The molecule has 3 rings (SSSR count). The van der Waals surface area contributed by atoms with E-state index in [1.165, 1.54) is 19.3 Å². The van der Waals surface area contributed by atoms with Gasteiger partial charge in [-0.25, -0.2) is 4.79 Å². The van der Waals surface area contributed by atoms with Gasteiger partial charge >= 0.3 is 12.0 Å². The fraction of sp³-hybridized carbons (Fsp3) is 0.550. The van der Waals surface area contributed by atoms with Crippen LogP contribution in [0.15, 0.2) is 24.3 Å². The van der Waals surface area contributed by atoms with Crippen molar-refractivity contribution in [3.63, 3.8) is 0 Å². The molecule has 0 aromatic heterocycles. The van der Waals surface area contributed by atoms with E-state index in [0.717, 1.165) is 12.8 Å². The Morgan fingerprint density at radius 1 is 0.926 bits per heavy atom. The summed E-state index contributed by atoms with van der Waals surface area (Å²) in [5.41, 5.74) is 1.20. The first-order valence-electron chi connectivity index (χ1n) is 9.72. The molecule has 3 N–H and O–H groups in total. The molecule has 7 heteroatoms. The number of carbonyl (C=O) groups is 3. The van der Waals surface area contributed by atoms with Crippen molar-refractivity contribution in [3.8, 4) is 0 Å². The van der Waals surface area contributed by atoms with Crippen LogP contribution in [-0.4, -0.2) is 47.0 Å². The molecule has 1 aromatic rings. The first-order chi connectivity index (χ1) is 13.0. The van der Waals surface area contributed by atoms with Crippen LogP contribution in [0.2, 0.25) is 0 Å². The van der Waals surface area contributed by atoms with Crippen molar-refractivity contribution >= 4 is 23.6 Å². The number of rotatable bonds is 4. The van der Waals surface area contributed by atoms with Gasteiger partial charge in [0.15, 0.2) is 0 Å². The van der Waals surface area contributed by atoms with E-state index in [9.17, 15) is 14.4 Å². The molecule has 1 heterocycles. The fourth-order valence-corrected chi connectivity index (χ4v) is 3.75. The summed E-state index contributed by atoms with van der Waals surface area (Å²) >= 11 is 0. The number of benzene rings is 1. The summed E-state index contributed by atoms with van der Waals surface area (Å²) < 4.78 is 0. The summed E-state index contributed by atoms with van der Waals surface area (Å²) in [5, 5.41) is 14.9. The minimum absolute atomic E-state index is 0.0736. The Kier molecular flexibility index (Phi) is 6.32. The molecular formula is C20H27N3O4. The molecule has 27 heavy (non-hydrogen) atoms. The number of hydrogen-bond acceptors (Lipinski definition) is 3. The highest BCUT2D eigenvalue weighted by Gasteiger charge is 2.27. The number of likely N-dealkylation sites (tertiary alicyclic amines) is 1. The zero-order chi connectivity index (χ0) is 19.2. The lowest BCUT2D eigenvalue weighted by molar-refractivity contribution is -0.143. The van der Waals surface area contributed by atoms with Crippen molar-refractivity contribution in [2.75, 3.05) is 18.4 Å². The van der Waals surface area contributed by atoms with Crippen LogP contribution < -0.4 is 10.6 Å². The zero-order valence-electron chi connectivity index (χ0n) is 15.4. The fourth-order valence-electron chi connectivity index (χ4n) is 3.75. The topological polar surface area (TPSA) is 98.7 Å². The molecule has 7 nitrogen and oxygen atoms in total. The molecule has 1 saturated carbocycles. The predicted molar refractivity (Wildman–Crippen MR) is 102 cm³/mol. The molecule has 0 unspecified atom stereocenters. The highest BCUT2D eigenvalue weighted by Crippen LogP contribution is 2.20. The summed E-state index contributed by atoms with van der Waals surface area (Å²) in [4.78, 5) is 37.2. The summed E-state index contributed by atoms with van der Waals surface area (Å²) in [6.07, 6.45) is 6.61. The molecular weight excluding hydrogens is 346 g/mol. The van der Waals surface area contributed by atoms with Gasteiger partial charge in [0, 0.05) is 30.4 Å². The molecule has 0 radical (unpaired) electrons. The number of amides is 3. The Balaban J connectivity index is 1.49. The van der Waals surface area contributed by atoms with Gasteiger partial charge in [-0.15, -0.1) is 0 Å². The molecule has 1 saturated heterocycles. The van der Waals surface area contributed by atoms with Crippen molar-refractivity contribution in [3.05, 3.63) is 29.8 Å². The minimum Gasteiger partial charge on any atom is -0.481 e. The van der Waals surface area contributed by atoms with Crippen LogP contribution in [0, 0.1) is 5.92 Å². The number of anilines is 1. The number of urea groups is 1. The lowest BCUT2D eigenvalue weighted by atomic mass is 9.95. The normalized spacial score (nSPS) is 18.7. The van der Waals surface area contributed by atoms with Gasteiger partial charge in [-0.05, 0) is 49.9 Å². The number of nitrogens with zero attached hydrogens (tertiary/aromatic N) is 1. The van der Waals surface area contributed by atoms with E-state index in [-0.39, 0.29) is 23.9 Å². The molecule has 0 spiro atoms. The number of carboxylic acids is 1. The molecule has 1 aliphatic heterocycles. The third-order valence-corrected chi connectivity index (χ3v) is 5.47. The summed E-state index contributed by atoms with van der Waals surface area (Å²) in [6.45, 7) is 0.870. The third kappa shape index (κ3) is 5.21. The Hall–Kier alpha value is -2.57. The van der Waals surface area contributed by atoms with Crippen molar-refractivity contribution in [2.24, 2.45) is 5.92 Å². The second-order valence-electron chi connectivity index (χ2n) is 7.42. The van der Waals surface area contributed by atoms with Gasteiger partial charge in [0.25, 0.3) is 5.91 Å². The van der Waals surface area contributed by atoms with Crippen LogP contribution in [0.25, 0.3) is 0 Å². The zero-order valence-corrected chi connectivity index (χ0v) is 15.4. The van der Waals surface area contributed by atoms with Gasteiger partial charge < -0.3 is 20.6 Å². The van der Waals surface area contributed by atoms with E-state index in [2.05, 4.69) is 10.6 Å². The van der Waals surface area contributed by atoms with E-state index < -0.39 is 5.97 Å². The number of carboxylic acid groups (broad SMARTS) is 1. The molecule has 1 aromatic carbocycles. The Bertz CT molecular complexity index is 675. The second kappa shape index (κ2) is 8.88. The minimum atomic E-state index is -0.794. The molecule has 2 aliphatic rings. The number of hydrogen-bond donors (Lipinski definition) is 3. The van der Waals surface area contributed by atoms with E-state index in [1.807, 2.05) is 0 Å². The van der Waals surface area contributed by atoms with Crippen LogP contribution in [0.3, 0.4) is 0 Å². The van der Waals surface area contributed by atoms with Gasteiger partial charge in [0.05, 0.1) is 5.92 Å². The predicted octanol–water partition coefficient (Wildman–Crippen LogP) is 3.08. The van der Waals surface area contributed by atoms with Gasteiger partial charge in [0.1, 0.15) is 0 Å². The maximum atomic E-state index is 12.3. The number of aliphatic carboxylic acids is 1. The van der Waals surface area contributed by atoms with Crippen molar-refractivity contribution in [1.29, 1.82) is 0 Å². The van der Waals surface area contributed by atoms with Crippen LogP contribution in [-0.2, 0) is 4.79 Å². The van der Waals surface area contributed by atoms with Gasteiger partial charge in [-0.2, -0.15) is 0 Å². The lowest BCUT2D eigenvalue weighted by Crippen LogP contribution is -2.42.